The van der Waals surface area contributed by atoms with Crippen molar-refractivity contribution in [3.8, 4) is 5.88 Å². The summed E-state index contributed by atoms with van der Waals surface area (Å²) in [7, 11) is 3.65. The number of ether oxygens (including phenoxy) is 1. The molecular formula is C19H35N7O. The molecule has 0 amide bonds. The van der Waals surface area contributed by atoms with Crippen LogP contribution in [-0.4, -0.2) is 68.7 Å². The molecule has 5 N–H and O–H groups in total. The molecule has 2 fully saturated rings. The Kier molecular flexibility index (Phi) is 7.66. The van der Waals surface area contributed by atoms with E-state index in [1.807, 2.05) is 13.2 Å². The lowest BCUT2D eigenvalue weighted by atomic mass is 10.1. The van der Waals surface area contributed by atoms with E-state index in [-0.39, 0.29) is 12.5 Å². The fourth-order valence-corrected chi connectivity index (χ4v) is 3.83. The van der Waals surface area contributed by atoms with E-state index in [1.54, 1.807) is 7.11 Å². The molecule has 1 aromatic heterocycles. The van der Waals surface area contributed by atoms with Gasteiger partial charge in [0.2, 0.25) is 5.88 Å². The van der Waals surface area contributed by atoms with Gasteiger partial charge in [-0.3, -0.25) is 10.6 Å². The van der Waals surface area contributed by atoms with Crippen LogP contribution in [0.5, 0.6) is 5.88 Å². The van der Waals surface area contributed by atoms with Gasteiger partial charge in [-0.25, -0.2) is 4.98 Å². The molecule has 3 unspecified atom stereocenters. The van der Waals surface area contributed by atoms with Gasteiger partial charge in [-0.15, -0.1) is 0 Å². The number of nitrogens with one attached hydrogen (secondary N) is 5. The molecule has 3 heterocycles. The largest absolute Gasteiger partial charge is 0.481 e. The van der Waals surface area contributed by atoms with Gasteiger partial charge in [-0.1, -0.05) is 0 Å². The average molecular weight is 378 g/mol. The second-order valence-electron chi connectivity index (χ2n) is 7.51. The number of rotatable bonds is 9. The van der Waals surface area contributed by atoms with Crippen LogP contribution in [0.15, 0.2) is 12.3 Å². The summed E-state index contributed by atoms with van der Waals surface area (Å²) < 4.78 is 5.44. The van der Waals surface area contributed by atoms with E-state index >= 15 is 0 Å². The molecule has 0 aromatic carbocycles. The molecule has 0 saturated carbocycles. The fraction of sp³-hybridized carbons (Fsp3) is 0.737. The Morgan fingerprint density at radius 1 is 1.30 bits per heavy atom. The highest BCUT2D eigenvalue weighted by molar-refractivity contribution is 5.47. The number of aromatic nitrogens is 1. The van der Waals surface area contributed by atoms with Crippen molar-refractivity contribution in [2.45, 2.75) is 51.2 Å². The summed E-state index contributed by atoms with van der Waals surface area (Å²) in [6.07, 6.45) is 5.82. The molecule has 0 bridgehead atoms. The Bertz CT molecular complexity index is 579. The summed E-state index contributed by atoms with van der Waals surface area (Å²) in [5.41, 5.74) is 2.04. The van der Waals surface area contributed by atoms with Crippen molar-refractivity contribution >= 4 is 5.69 Å². The van der Waals surface area contributed by atoms with Gasteiger partial charge in [0.05, 0.1) is 25.2 Å². The van der Waals surface area contributed by atoms with Crippen molar-refractivity contribution in [1.29, 1.82) is 0 Å². The first-order valence-electron chi connectivity index (χ1n) is 10.1. The van der Waals surface area contributed by atoms with Gasteiger partial charge in [0.25, 0.3) is 0 Å². The highest BCUT2D eigenvalue weighted by atomic mass is 16.5. The predicted octanol–water partition coefficient (Wildman–Crippen LogP) is 0.488. The van der Waals surface area contributed by atoms with E-state index in [9.17, 15) is 0 Å². The number of likely N-dealkylation sites (tertiary alicyclic amines) is 1. The maximum atomic E-state index is 5.44. The minimum Gasteiger partial charge on any atom is -0.481 e. The third-order valence-electron chi connectivity index (χ3n) is 5.31. The third-order valence-corrected chi connectivity index (χ3v) is 5.31. The molecule has 2 aliphatic rings. The quantitative estimate of drug-likeness (QED) is 0.398. The number of pyridine rings is 1. The maximum absolute atomic E-state index is 5.44. The van der Waals surface area contributed by atoms with Gasteiger partial charge in [0.15, 0.2) is 0 Å². The van der Waals surface area contributed by atoms with E-state index in [1.165, 1.54) is 25.9 Å². The molecule has 152 valence electrons. The van der Waals surface area contributed by atoms with Gasteiger partial charge in [-0.05, 0) is 52.4 Å². The van der Waals surface area contributed by atoms with Crippen LogP contribution in [0.4, 0.5) is 5.69 Å². The average Bonchev–Trinajstić information content (AvgIpc) is 3.18. The second kappa shape index (κ2) is 10.2. The number of nitrogens with zero attached hydrogens (tertiary/aromatic N) is 2. The number of hydrogen-bond donors (Lipinski definition) is 5. The molecule has 2 saturated heterocycles. The number of anilines is 1. The molecule has 3 rings (SSSR count). The lowest BCUT2D eigenvalue weighted by molar-refractivity contribution is 0.249. The van der Waals surface area contributed by atoms with Gasteiger partial charge >= 0.3 is 0 Å². The summed E-state index contributed by atoms with van der Waals surface area (Å²) in [5, 5.41) is 17.3. The molecule has 2 aliphatic heterocycles. The summed E-state index contributed by atoms with van der Waals surface area (Å²) in [5.74, 6) is 0.681. The first kappa shape index (κ1) is 20.3. The zero-order chi connectivity index (χ0) is 19.1. The molecule has 0 spiro atoms. The van der Waals surface area contributed by atoms with Crippen molar-refractivity contribution in [1.82, 2.24) is 31.2 Å². The molecule has 8 nitrogen and oxygen atoms in total. The first-order chi connectivity index (χ1) is 13.2. The Balaban J connectivity index is 1.54. The van der Waals surface area contributed by atoms with Crippen molar-refractivity contribution < 1.29 is 4.74 Å². The zero-order valence-electron chi connectivity index (χ0n) is 16.8. The molecular weight excluding hydrogens is 342 g/mol. The van der Waals surface area contributed by atoms with Gasteiger partial charge in [0.1, 0.15) is 6.29 Å². The molecule has 27 heavy (non-hydrogen) atoms. The lowest BCUT2D eigenvalue weighted by Gasteiger charge is -2.36. The van der Waals surface area contributed by atoms with Gasteiger partial charge in [0, 0.05) is 31.2 Å². The van der Waals surface area contributed by atoms with Crippen LogP contribution in [0, 0.1) is 0 Å². The minimum atomic E-state index is -0.00243. The van der Waals surface area contributed by atoms with E-state index in [0.717, 1.165) is 37.3 Å². The van der Waals surface area contributed by atoms with E-state index < -0.39 is 0 Å². The Morgan fingerprint density at radius 2 is 2.11 bits per heavy atom. The number of methoxy groups -OCH3 is 1. The molecule has 0 aliphatic carbocycles. The molecule has 0 radical (unpaired) electrons. The van der Waals surface area contributed by atoms with Crippen LogP contribution in [0.3, 0.4) is 0 Å². The van der Waals surface area contributed by atoms with Gasteiger partial charge in [-0.2, -0.15) is 0 Å². The lowest BCUT2D eigenvalue weighted by Crippen LogP contribution is -2.63. The topological polar surface area (TPSA) is 85.5 Å². The number of hydrogen-bond acceptors (Lipinski definition) is 8. The first-order valence-corrected chi connectivity index (χ1v) is 10.1. The third kappa shape index (κ3) is 6.02. The Morgan fingerprint density at radius 3 is 2.85 bits per heavy atom. The minimum absolute atomic E-state index is 0.00243. The van der Waals surface area contributed by atoms with Crippen LogP contribution in [0.2, 0.25) is 0 Å². The highest BCUT2D eigenvalue weighted by Crippen LogP contribution is 2.20. The van der Waals surface area contributed by atoms with Crippen LogP contribution in [-0.2, 0) is 6.54 Å². The molecule has 1 aromatic rings. The SMILES string of the molecule is CNC1CC(C)NC(Nc2cnc(OC)c(CNCCN3CCCC3)c2)N1. The van der Waals surface area contributed by atoms with Crippen molar-refractivity contribution in [2.24, 2.45) is 0 Å². The van der Waals surface area contributed by atoms with Crippen LogP contribution in [0.25, 0.3) is 0 Å². The molecule has 8 heteroatoms. The van der Waals surface area contributed by atoms with E-state index in [0.29, 0.717) is 11.9 Å². The second-order valence-corrected chi connectivity index (χ2v) is 7.51. The summed E-state index contributed by atoms with van der Waals surface area (Å²) in [6, 6.07) is 2.55. The van der Waals surface area contributed by atoms with E-state index in [4.69, 9.17) is 4.74 Å². The smallest absolute Gasteiger partial charge is 0.217 e. The van der Waals surface area contributed by atoms with Crippen LogP contribution in [0.1, 0.15) is 31.7 Å². The van der Waals surface area contributed by atoms with Crippen molar-refractivity contribution in [3.63, 3.8) is 0 Å². The Hall–Kier alpha value is -1.45. The monoisotopic (exact) mass is 377 g/mol. The summed E-state index contributed by atoms with van der Waals surface area (Å²) in [6.45, 7) is 7.50. The highest BCUT2D eigenvalue weighted by Gasteiger charge is 2.23. The van der Waals surface area contributed by atoms with E-state index in [2.05, 4.69) is 49.5 Å². The normalized spacial score (nSPS) is 26.3. The molecule has 3 atom stereocenters. The summed E-state index contributed by atoms with van der Waals surface area (Å²) in [4.78, 5) is 6.98. The van der Waals surface area contributed by atoms with Gasteiger partial charge < -0.3 is 25.6 Å². The van der Waals surface area contributed by atoms with Crippen molar-refractivity contribution in [3.05, 3.63) is 17.8 Å². The standard InChI is InChI=1S/C19H35N7O/c1-14-10-17(20-2)25-19(23-14)24-16-11-15(18(27-3)22-13-16)12-21-6-9-26-7-4-5-8-26/h11,13-14,17,19-21,23-25H,4-10,12H2,1-3H3. The summed E-state index contributed by atoms with van der Waals surface area (Å²) >= 11 is 0. The van der Waals surface area contributed by atoms with Crippen LogP contribution >= 0.6 is 0 Å². The zero-order valence-corrected chi connectivity index (χ0v) is 16.8. The fourth-order valence-electron chi connectivity index (χ4n) is 3.83. The Labute approximate surface area is 162 Å². The maximum Gasteiger partial charge on any atom is 0.217 e. The van der Waals surface area contributed by atoms with Crippen molar-refractivity contribution in [2.75, 3.05) is 45.7 Å². The van der Waals surface area contributed by atoms with Crippen LogP contribution < -0.4 is 31.3 Å². The predicted molar refractivity (Wildman–Crippen MR) is 109 cm³/mol.